The van der Waals surface area contributed by atoms with E-state index in [2.05, 4.69) is 77.0 Å². The monoisotopic (exact) mass is 538 g/mol. The number of allylic oxidation sites excluding steroid dienone is 2. The van der Waals surface area contributed by atoms with Gasteiger partial charge in [-0.1, -0.05) is 78.9 Å². The van der Waals surface area contributed by atoms with Crippen molar-refractivity contribution in [3.8, 4) is 0 Å². The van der Waals surface area contributed by atoms with Gasteiger partial charge in [-0.3, -0.25) is 4.90 Å². The molecule has 8 heteroatoms. The first-order valence-corrected chi connectivity index (χ1v) is 11.9. The maximum Gasteiger partial charge on any atom is 0.192 e. The zero-order chi connectivity index (χ0) is 22.0. The number of aliphatic hydroxyl groups is 1. The SMILES string of the molecule is COC1(O)C=CC=CC1CN[C@@H]1C2CCN(CC2)[C@H]1C(c1ccccc1)c1ccccc1.Cl.Cl.O.O. The van der Waals surface area contributed by atoms with Gasteiger partial charge in [0.1, 0.15) is 0 Å². The van der Waals surface area contributed by atoms with Crippen molar-refractivity contribution < 1.29 is 20.8 Å². The average Bonchev–Trinajstić information content (AvgIpc) is 2.86. The molecule has 2 aromatic rings. The van der Waals surface area contributed by atoms with Crippen LogP contribution >= 0.6 is 24.8 Å². The molecule has 0 amide bonds. The number of benzene rings is 2. The number of rotatable bonds is 7. The molecule has 6 nitrogen and oxygen atoms in total. The Morgan fingerprint density at radius 3 is 2.03 bits per heavy atom. The number of nitrogens with zero attached hydrogens (tertiary/aromatic N) is 1. The lowest BCUT2D eigenvalue weighted by Gasteiger charge is -2.54. The van der Waals surface area contributed by atoms with Gasteiger partial charge < -0.3 is 26.1 Å². The van der Waals surface area contributed by atoms with Crippen molar-refractivity contribution in [1.29, 1.82) is 0 Å². The van der Waals surface area contributed by atoms with E-state index in [1.165, 1.54) is 24.0 Å². The van der Waals surface area contributed by atoms with E-state index >= 15 is 0 Å². The van der Waals surface area contributed by atoms with Crippen molar-refractivity contribution >= 4 is 24.8 Å². The number of hydrogen-bond acceptors (Lipinski definition) is 4. The molecular formula is C28H40Cl2N2O4. The van der Waals surface area contributed by atoms with Crippen LogP contribution in [0.1, 0.15) is 29.9 Å². The summed E-state index contributed by atoms with van der Waals surface area (Å²) in [5.41, 5.74) is 2.74. The highest BCUT2D eigenvalue weighted by Gasteiger charge is 2.47. The Morgan fingerprint density at radius 2 is 1.50 bits per heavy atom. The first-order chi connectivity index (χ1) is 15.7. The van der Waals surface area contributed by atoms with Crippen LogP contribution in [-0.4, -0.2) is 65.6 Å². The number of ether oxygens (including phenoxy) is 1. The third-order valence-electron chi connectivity index (χ3n) is 7.75. The quantitative estimate of drug-likeness (QED) is 0.527. The summed E-state index contributed by atoms with van der Waals surface area (Å²) in [6.45, 7) is 3.02. The number of fused-ring (bicyclic) bond motifs is 3. The summed E-state index contributed by atoms with van der Waals surface area (Å²) in [6.07, 6.45) is 10.1. The van der Waals surface area contributed by atoms with Gasteiger partial charge in [-0.2, -0.15) is 0 Å². The first kappa shape index (κ1) is 32.3. The second kappa shape index (κ2) is 14.3. The summed E-state index contributed by atoms with van der Waals surface area (Å²) in [6, 6.07) is 22.7. The van der Waals surface area contributed by atoms with E-state index in [1.807, 2.05) is 12.2 Å². The fourth-order valence-corrected chi connectivity index (χ4v) is 6.05. The van der Waals surface area contributed by atoms with E-state index < -0.39 is 5.79 Å². The predicted octanol–water partition coefficient (Wildman–Crippen LogP) is 3.14. The van der Waals surface area contributed by atoms with E-state index in [1.54, 1.807) is 13.2 Å². The van der Waals surface area contributed by atoms with E-state index in [9.17, 15) is 5.11 Å². The summed E-state index contributed by atoms with van der Waals surface area (Å²) in [5, 5.41) is 14.8. The van der Waals surface area contributed by atoms with E-state index in [-0.39, 0.29) is 41.7 Å². The molecule has 3 saturated heterocycles. The average molecular weight is 540 g/mol. The van der Waals surface area contributed by atoms with Crippen LogP contribution in [0.3, 0.4) is 0 Å². The van der Waals surface area contributed by atoms with Crippen LogP contribution in [0.2, 0.25) is 0 Å². The van der Waals surface area contributed by atoms with Crippen LogP contribution in [0.4, 0.5) is 0 Å². The molecular weight excluding hydrogens is 499 g/mol. The Morgan fingerprint density at radius 1 is 0.944 bits per heavy atom. The Bertz CT molecular complexity index is 915. The summed E-state index contributed by atoms with van der Waals surface area (Å²) in [7, 11) is 1.58. The Balaban J connectivity index is 0.00000162. The summed E-state index contributed by atoms with van der Waals surface area (Å²) in [4.78, 5) is 2.70. The molecule has 3 fully saturated rings. The molecule has 3 heterocycles. The van der Waals surface area contributed by atoms with Gasteiger partial charge in [-0.25, -0.2) is 0 Å². The molecule has 2 bridgehead atoms. The molecule has 0 saturated carbocycles. The molecule has 0 radical (unpaired) electrons. The fraction of sp³-hybridized carbons (Fsp3) is 0.429. The van der Waals surface area contributed by atoms with E-state index in [4.69, 9.17) is 4.74 Å². The minimum Gasteiger partial charge on any atom is -0.412 e. The second-order valence-electron chi connectivity index (χ2n) is 9.40. The van der Waals surface area contributed by atoms with Crippen LogP contribution in [0.25, 0.3) is 0 Å². The molecule has 4 aliphatic rings. The molecule has 0 spiro atoms. The molecule has 36 heavy (non-hydrogen) atoms. The smallest absolute Gasteiger partial charge is 0.192 e. The second-order valence-corrected chi connectivity index (χ2v) is 9.40. The van der Waals surface area contributed by atoms with Gasteiger partial charge in [-0.05, 0) is 49.1 Å². The summed E-state index contributed by atoms with van der Waals surface area (Å²) in [5.74, 6) is -0.399. The van der Waals surface area contributed by atoms with Crippen molar-refractivity contribution in [2.45, 2.75) is 36.6 Å². The van der Waals surface area contributed by atoms with Crippen LogP contribution in [0.5, 0.6) is 0 Å². The normalized spacial score (nSPS) is 29.9. The van der Waals surface area contributed by atoms with Gasteiger partial charge in [0, 0.05) is 37.6 Å². The Hall–Kier alpha value is -1.74. The standard InChI is InChI=1S/C28H34N2O2.2ClH.2H2O/c1-32-28(31)17-9-8-14-24(28)20-29-26-23-15-18-30(19-16-23)27(26)25(21-10-4-2-5-11-21)22-12-6-3-7-13-22;;;;/h2-14,17,23-27,29,31H,15-16,18-20H2,1H3;2*1H;2*1H2/t24?,26-,27+,28?;;;;/m1..../s1. The third-order valence-corrected chi connectivity index (χ3v) is 7.75. The highest BCUT2D eigenvalue weighted by molar-refractivity contribution is 5.85. The van der Waals surface area contributed by atoms with Crippen molar-refractivity contribution in [2.24, 2.45) is 11.8 Å². The Kier molecular flexibility index (Phi) is 12.8. The van der Waals surface area contributed by atoms with Crippen molar-refractivity contribution in [2.75, 3.05) is 26.7 Å². The number of piperidine rings is 3. The summed E-state index contributed by atoms with van der Waals surface area (Å²) < 4.78 is 5.47. The van der Waals surface area contributed by atoms with Gasteiger partial charge in [-0.15, -0.1) is 24.8 Å². The van der Waals surface area contributed by atoms with Crippen LogP contribution < -0.4 is 5.32 Å². The van der Waals surface area contributed by atoms with Gasteiger partial charge in [0.05, 0.1) is 0 Å². The van der Waals surface area contributed by atoms with Gasteiger partial charge in [0.25, 0.3) is 0 Å². The first-order valence-electron chi connectivity index (χ1n) is 11.9. The lowest BCUT2D eigenvalue weighted by atomic mass is 9.70. The molecule has 2 unspecified atom stereocenters. The third kappa shape index (κ3) is 6.39. The number of methoxy groups -OCH3 is 1. The minimum absolute atomic E-state index is 0. The maximum atomic E-state index is 10.9. The Labute approximate surface area is 226 Å². The molecule has 2 aromatic carbocycles. The zero-order valence-corrected chi connectivity index (χ0v) is 22.3. The van der Waals surface area contributed by atoms with Crippen molar-refractivity contribution in [3.63, 3.8) is 0 Å². The molecule has 6 rings (SSSR count). The van der Waals surface area contributed by atoms with Gasteiger partial charge >= 0.3 is 0 Å². The molecule has 0 aromatic heterocycles. The highest BCUT2D eigenvalue weighted by atomic mass is 35.5. The predicted molar refractivity (Wildman–Crippen MR) is 150 cm³/mol. The van der Waals surface area contributed by atoms with E-state index in [0.717, 1.165) is 13.1 Å². The molecule has 6 N–H and O–H groups in total. The highest BCUT2D eigenvalue weighted by Crippen LogP contribution is 2.42. The van der Waals surface area contributed by atoms with E-state index in [0.29, 0.717) is 30.5 Å². The van der Waals surface area contributed by atoms with Crippen molar-refractivity contribution in [1.82, 2.24) is 10.2 Å². The molecule has 4 atom stereocenters. The largest absolute Gasteiger partial charge is 0.412 e. The van der Waals surface area contributed by atoms with Crippen LogP contribution in [-0.2, 0) is 4.74 Å². The van der Waals surface area contributed by atoms with Crippen LogP contribution in [0.15, 0.2) is 85.0 Å². The maximum absolute atomic E-state index is 10.9. The number of hydrogen-bond donors (Lipinski definition) is 2. The molecule has 3 aliphatic heterocycles. The lowest BCUT2D eigenvalue weighted by Crippen LogP contribution is -2.65. The number of nitrogens with one attached hydrogen (secondary N) is 1. The van der Waals surface area contributed by atoms with Crippen molar-refractivity contribution in [3.05, 3.63) is 96.1 Å². The number of halogens is 2. The molecule has 200 valence electrons. The van der Waals surface area contributed by atoms with Crippen LogP contribution in [0, 0.1) is 11.8 Å². The topological polar surface area (TPSA) is 108 Å². The van der Waals surface area contributed by atoms with Gasteiger partial charge in [0.2, 0.25) is 0 Å². The zero-order valence-electron chi connectivity index (χ0n) is 20.6. The minimum atomic E-state index is -1.25. The molecule has 1 aliphatic carbocycles. The van der Waals surface area contributed by atoms with Gasteiger partial charge in [0.15, 0.2) is 5.79 Å². The lowest BCUT2D eigenvalue weighted by molar-refractivity contribution is -0.173. The summed E-state index contributed by atoms with van der Waals surface area (Å²) >= 11 is 0. The fourth-order valence-electron chi connectivity index (χ4n) is 6.05.